The van der Waals surface area contributed by atoms with Crippen molar-refractivity contribution in [2.45, 2.75) is 31.0 Å². The molecule has 2 rings (SSSR count). The molecule has 1 fully saturated rings. The van der Waals surface area contributed by atoms with Crippen molar-refractivity contribution < 1.29 is 18.1 Å². The van der Waals surface area contributed by atoms with Gasteiger partial charge in [0, 0.05) is 25.2 Å². The van der Waals surface area contributed by atoms with Crippen molar-refractivity contribution in [3.05, 3.63) is 33.3 Å². The summed E-state index contributed by atoms with van der Waals surface area (Å²) in [5.41, 5.74) is -0.313. The molecule has 1 aromatic rings. The first-order valence-electron chi connectivity index (χ1n) is 6.31. The SMILES string of the molecule is CC1CN(S(=O)(=O)c2cc([N+](=O)[O-])ccc2Cl)CC(C)O1. The van der Waals surface area contributed by atoms with Crippen LogP contribution in [0.2, 0.25) is 5.02 Å². The quantitative estimate of drug-likeness (QED) is 0.623. The minimum atomic E-state index is -3.90. The van der Waals surface area contributed by atoms with Crippen LogP contribution in [-0.2, 0) is 14.8 Å². The molecule has 1 saturated heterocycles. The first-order chi connectivity index (χ1) is 9.71. The minimum absolute atomic E-state index is 0.0348. The maximum absolute atomic E-state index is 12.6. The largest absolute Gasteiger partial charge is 0.373 e. The predicted octanol–water partition coefficient (Wildman–Crippen LogP) is 2.05. The number of nitrogens with zero attached hydrogens (tertiary/aromatic N) is 2. The number of hydrogen-bond donors (Lipinski definition) is 0. The summed E-state index contributed by atoms with van der Waals surface area (Å²) in [7, 11) is -3.90. The molecule has 0 spiro atoms. The highest BCUT2D eigenvalue weighted by Crippen LogP contribution is 2.30. The van der Waals surface area contributed by atoms with E-state index in [1.807, 2.05) is 0 Å². The zero-order valence-corrected chi connectivity index (χ0v) is 13.1. The molecule has 0 N–H and O–H groups in total. The van der Waals surface area contributed by atoms with Crippen molar-refractivity contribution in [1.82, 2.24) is 4.31 Å². The number of halogens is 1. The minimum Gasteiger partial charge on any atom is -0.373 e. The van der Waals surface area contributed by atoms with Crippen LogP contribution in [0.4, 0.5) is 5.69 Å². The molecule has 1 aliphatic rings. The Hall–Kier alpha value is -1.22. The third kappa shape index (κ3) is 3.34. The van der Waals surface area contributed by atoms with Gasteiger partial charge in [0.25, 0.3) is 5.69 Å². The van der Waals surface area contributed by atoms with E-state index in [4.69, 9.17) is 16.3 Å². The first-order valence-corrected chi connectivity index (χ1v) is 8.13. The van der Waals surface area contributed by atoms with E-state index < -0.39 is 14.9 Å². The van der Waals surface area contributed by atoms with Crippen LogP contribution in [0, 0.1) is 10.1 Å². The normalized spacial score (nSPS) is 24.0. The molecule has 7 nitrogen and oxygen atoms in total. The Morgan fingerprint density at radius 3 is 2.43 bits per heavy atom. The van der Waals surface area contributed by atoms with Gasteiger partial charge in [-0.25, -0.2) is 8.42 Å². The van der Waals surface area contributed by atoms with Gasteiger partial charge in [0.1, 0.15) is 4.90 Å². The van der Waals surface area contributed by atoms with Gasteiger partial charge in [-0.05, 0) is 19.9 Å². The average molecular weight is 335 g/mol. The predicted molar refractivity (Wildman–Crippen MR) is 76.9 cm³/mol. The summed E-state index contributed by atoms with van der Waals surface area (Å²) in [5, 5.41) is 10.8. The van der Waals surface area contributed by atoms with Crippen molar-refractivity contribution in [2.24, 2.45) is 0 Å². The van der Waals surface area contributed by atoms with Crippen LogP contribution in [-0.4, -0.2) is 42.9 Å². The van der Waals surface area contributed by atoms with Crippen molar-refractivity contribution >= 4 is 27.3 Å². The zero-order chi connectivity index (χ0) is 15.8. The van der Waals surface area contributed by atoms with Crippen molar-refractivity contribution in [3.8, 4) is 0 Å². The second kappa shape index (κ2) is 5.88. The summed E-state index contributed by atoms with van der Waals surface area (Å²) < 4.78 is 32.0. The molecule has 0 saturated carbocycles. The van der Waals surface area contributed by atoms with Gasteiger partial charge in [-0.15, -0.1) is 0 Å². The number of nitro groups is 1. The summed E-state index contributed by atoms with van der Waals surface area (Å²) in [6.07, 6.45) is -0.498. The lowest BCUT2D eigenvalue weighted by Gasteiger charge is -2.34. The van der Waals surface area contributed by atoms with Crippen LogP contribution in [0.25, 0.3) is 0 Å². The standard InChI is InChI=1S/C12H15ClN2O5S/c1-8-6-14(7-9(2)20-8)21(18,19)12-5-10(15(16)17)3-4-11(12)13/h3-5,8-9H,6-7H2,1-2H3. The molecule has 1 aliphatic heterocycles. The topological polar surface area (TPSA) is 89.8 Å². The highest BCUT2D eigenvalue weighted by atomic mass is 35.5. The lowest BCUT2D eigenvalue weighted by molar-refractivity contribution is -0.385. The van der Waals surface area contributed by atoms with E-state index in [2.05, 4.69) is 0 Å². The monoisotopic (exact) mass is 334 g/mol. The molecular formula is C12H15ClN2O5S. The molecule has 1 heterocycles. The number of ether oxygens (including phenoxy) is 1. The maximum atomic E-state index is 12.6. The van der Waals surface area contributed by atoms with Gasteiger partial charge >= 0.3 is 0 Å². The molecule has 1 aromatic carbocycles. The number of benzene rings is 1. The van der Waals surface area contributed by atoms with Crippen LogP contribution in [0.15, 0.2) is 23.1 Å². The molecule has 0 aromatic heterocycles. The number of morpholine rings is 1. The maximum Gasteiger partial charge on any atom is 0.270 e. The van der Waals surface area contributed by atoms with E-state index in [-0.39, 0.29) is 40.9 Å². The van der Waals surface area contributed by atoms with Crippen LogP contribution in [0.1, 0.15) is 13.8 Å². The van der Waals surface area contributed by atoms with Gasteiger partial charge in [-0.3, -0.25) is 10.1 Å². The van der Waals surface area contributed by atoms with E-state index in [0.717, 1.165) is 6.07 Å². The van der Waals surface area contributed by atoms with E-state index >= 15 is 0 Å². The molecule has 21 heavy (non-hydrogen) atoms. The average Bonchev–Trinajstić information content (AvgIpc) is 2.37. The highest BCUT2D eigenvalue weighted by Gasteiger charge is 2.34. The summed E-state index contributed by atoms with van der Waals surface area (Å²) in [6.45, 7) is 3.91. The summed E-state index contributed by atoms with van der Waals surface area (Å²) >= 11 is 5.92. The third-order valence-electron chi connectivity index (χ3n) is 3.13. The first kappa shape index (κ1) is 16.2. The molecule has 0 bridgehead atoms. The Balaban J connectivity index is 2.44. The summed E-state index contributed by atoms with van der Waals surface area (Å²) in [4.78, 5) is 9.90. The number of hydrogen-bond acceptors (Lipinski definition) is 5. The number of non-ortho nitro benzene ring substituents is 1. The third-order valence-corrected chi connectivity index (χ3v) is 5.44. The van der Waals surface area contributed by atoms with Crippen LogP contribution < -0.4 is 0 Å². The molecule has 0 amide bonds. The van der Waals surface area contributed by atoms with Gasteiger partial charge in [-0.2, -0.15) is 4.31 Å². The molecule has 9 heteroatoms. The Bertz CT molecular complexity index is 654. The smallest absolute Gasteiger partial charge is 0.270 e. The van der Waals surface area contributed by atoms with E-state index in [0.29, 0.717) is 0 Å². The van der Waals surface area contributed by atoms with Crippen LogP contribution >= 0.6 is 11.6 Å². The van der Waals surface area contributed by atoms with E-state index in [9.17, 15) is 18.5 Å². The molecule has 0 radical (unpaired) electrons. The number of rotatable bonds is 3. The van der Waals surface area contributed by atoms with Crippen molar-refractivity contribution in [1.29, 1.82) is 0 Å². The number of nitro benzene ring substituents is 1. The lowest BCUT2D eigenvalue weighted by atomic mass is 10.3. The van der Waals surface area contributed by atoms with Crippen molar-refractivity contribution in [3.63, 3.8) is 0 Å². The fourth-order valence-electron chi connectivity index (χ4n) is 2.27. The second-order valence-corrected chi connectivity index (χ2v) is 7.26. The Labute approximate surface area is 127 Å². The molecule has 0 aliphatic carbocycles. The molecule has 116 valence electrons. The Morgan fingerprint density at radius 2 is 1.90 bits per heavy atom. The van der Waals surface area contributed by atoms with Crippen LogP contribution in [0.3, 0.4) is 0 Å². The van der Waals surface area contributed by atoms with Gasteiger partial charge in [0.2, 0.25) is 10.0 Å². The fraction of sp³-hybridized carbons (Fsp3) is 0.500. The van der Waals surface area contributed by atoms with Gasteiger partial charge in [0.15, 0.2) is 0 Å². The van der Waals surface area contributed by atoms with E-state index in [1.54, 1.807) is 13.8 Å². The van der Waals surface area contributed by atoms with Gasteiger partial charge < -0.3 is 4.74 Å². The molecule has 2 unspecified atom stereocenters. The molecule has 2 atom stereocenters. The Kier molecular flexibility index (Phi) is 4.52. The molecular weight excluding hydrogens is 320 g/mol. The van der Waals surface area contributed by atoms with Gasteiger partial charge in [-0.1, -0.05) is 11.6 Å². The van der Waals surface area contributed by atoms with Crippen molar-refractivity contribution in [2.75, 3.05) is 13.1 Å². The second-order valence-electron chi connectivity index (χ2n) is 4.95. The zero-order valence-electron chi connectivity index (χ0n) is 11.5. The number of sulfonamides is 1. The lowest BCUT2D eigenvalue weighted by Crippen LogP contribution is -2.48. The summed E-state index contributed by atoms with van der Waals surface area (Å²) in [5.74, 6) is 0. The summed E-state index contributed by atoms with van der Waals surface area (Å²) in [6, 6.07) is 3.38. The van der Waals surface area contributed by atoms with Gasteiger partial charge in [0.05, 0.1) is 22.2 Å². The van der Waals surface area contributed by atoms with Crippen LogP contribution in [0.5, 0.6) is 0 Å². The Morgan fingerprint density at radius 1 is 1.33 bits per heavy atom. The fourth-order valence-corrected chi connectivity index (χ4v) is 4.35. The van der Waals surface area contributed by atoms with E-state index in [1.165, 1.54) is 16.4 Å². The highest BCUT2D eigenvalue weighted by molar-refractivity contribution is 7.89.